The molecular formula is C43H53N9O9. The predicted octanol–water partition coefficient (Wildman–Crippen LogP) is 3.97. The molecule has 2 aromatic carbocycles. The molecule has 5 heterocycles. The third-order valence-electron chi connectivity index (χ3n) is 12.0. The maximum absolute atomic E-state index is 14.1. The second-order valence-electron chi connectivity index (χ2n) is 16.1. The highest BCUT2D eigenvalue weighted by Crippen LogP contribution is 2.34. The van der Waals surface area contributed by atoms with Gasteiger partial charge in [-0.05, 0) is 79.7 Å². The molecular weight excluding hydrogens is 787 g/mol. The molecule has 0 aliphatic carbocycles. The Bertz CT molecular complexity index is 2140. The highest BCUT2D eigenvalue weighted by molar-refractivity contribution is 6.00. The topological polar surface area (TPSA) is 216 Å². The summed E-state index contributed by atoms with van der Waals surface area (Å²) in [5.41, 5.74) is 4.15. The predicted molar refractivity (Wildman–Crippen MR) is 221 cm³/mol. The number of H-pyrrole nitrogens is 1. The quantitative estimate of drug-likeness (QED) is 0.231. The summed E-state index contributed by atoms with van der Waals surface area (Å²) >= 11 is 0. The maximum atomic E-state index is 14.1. The van der Waals surface area contributed by atoms with E-state index in [2.05, 4.69) is 30.7 Å². The summed E-state index contributed by atoms with van der Waals surface area (Å²) in [7, 11) is 2.45. The van der Waals surface area contributed by atoms with Crippen LogP contribution in [0.3, 0.4) is 0 Å². The van der Waals surface area contributed by atoms with E-state index < -0.39 is 48.2 Å². The number of imidazole rings is 1. The Balaban J connectivity index is 0.976. The first-order valence-corrected chi connectivity index (χ1v) is 20.9. The standard InChI is InChI=1S/C43H53N9O9/c1-25(2)36(48-43(59)61-4)41(57)49-21-5-8-32(49)37-44-24-31(46-37)28-13-11-26(12-14-28)27-15-17-29(18-16-27)45-38(54)33-9-6-22-50(33)40(56)34-10-7-23-51-35(53)20-19-30(39(55)52(34)51)47-42(58)60-3/h11-18,24-25,30,32-34,36H,5-10,19-23H2,1-4H3,(H,44,46)(H,45,54)(H,47,58)(H,48,59)/t30?,32-,33-,34-,36-/m0/s1. The molecule has 4 N–H and O–H groups in total. The minimum absolute atomic E-state index is 0.0218. The number of aromatic amines is 1. The van der Waals surface area contributed by atoms with E-state index >= 15 is 0 Å². The number of fused-ring (bicyclic) bond motifs is 1. The number of amides is 7. The smallest absolute Gasteiger partial charge is 0.407 e. The van der Waals surface area contributed by atoms with Crippen molar-refractivity contribution in [3.05, 3.63) is 60.6 Å². The van der Waals surface area contributed by atoms with Gasteiger partial charge in [-0.25, -0.2) is 19.6 Å². The van der Waals surface area contributed by atoms with E-state index in [0.29, 0.717) is 50.3 Å². The van der Waals surface area contributed by atoms with Crippen LogP contribution in [0, 0.1) is 5.92 Å². The second kappa shape index (κ2) is 18.4. The van der Waals surface area contributed by atoms with Crippen LogP contribution in [-0.4, -0.2) is 130 Å². The van der Waals surface area contributed by atoms with E-state index in [1.807, 2.05) is 50.2 Å². The van der Waals surface area contributed by atoms with Gasteiger partial charge < -0.3 is 40.2 Å². The molecule has 4 aliphatic heterocycles. The van der Waals surface area contributed by atoms with E-state index in [4.69, 9.17) is 4.74 Å². The van der Waals surface area contributed by atoms with Crippen LogP contribution in [0.2, 0.25) is 0 Å². The Morgan fingerprint density at radius 2 is 1.39 bits per heavy atom. The molecule has 7 amide bonds. The zero-order valence-corrected chi connectivity index (χ0v) is 34.8. The monoisotopic (exact) mass is 839 g/mol. The van der Waals surface area contributed by atoms with Crippen LogP contribution in [0.5, 0.6) is 0 Å². The minimum atomic E-state index is -1.03. The molecule has 3 aromatic rings. The van der Waals surface area contributed by atoms with Crippen molar-refractivity contribution in [1.29, 1.82) is 0 Å². The first-order valence-electron chi connectivity index (χ1n) is 20.9. The van der Waals surface area contributed by atoms with Crippen molar-refractivity contribution in [3.63, 3.8) is 0 Å². The summed E-state index contributed by atoms with van der Waals surface area (Å²) < 4.78 is 9.42. The highest BCUT2D eigenvalue weighted by atomic mass is 16.5. The Kier molecular flexibility index (Phi) is 12.9. The van der Waals surface area contributed by atoms with Gasteiger partial charge >= 0.3 is 12.2 Å². The number of likely N-dealkylation sites (tertiary alicyclic amines) is 2. The summed E-state index contributed by atoms with van der Waals surface area (Å²) in [4.78, 5) is 103. The Hall–Kier alpha value is -6.46. The highest BCUT2D eigenvalue weighted by Gasteiger charge is 2.48. The molecule has 7 rings (SSSR count). The fourth-order valence-electron chi connectivity index (χ4n) is 8.75. The van der Waals surface area contributed by atoms with Crippen LogP contribution in [0.4, 0.5) is 15.3 Å². The lowest BCUT2D eigenvalue weighted by molar-refractivity contribution is -0.179. The number of carbonyl (C=O) groups is 7. The molecule has 0 saturated carbocycles. The molecule has 4 aliphatic rings. The molecule has 4 saturated heterocycles. The maximum Gasteiger partial charge on any atom is 0.407 e. The zero-order valence-electron chi connectivity index (χ0n) is 34.8. The van der Waals surface area contributed by atoms with E-state index in [1.165, 1.54) is 29.1 Å². The summed E-state index contributed by atoms with van der Waals surface area (Å²) in [6.45, 7) is 4.93. The van der Waals surface area contributed by atoms with E-state index in [-0.39, 0.29) is 49.1 Å². The third-order valence-corrected chi connectivity index (χ3v) is 12.0. The Labute approximate surface area is 353 Å². The lowest BCUT2D eigenvalue weighted by Crippen LogP contribution is -2.64. The SMILES string of the molecule is COC(=O)NC1CCC(=O)N2CCC[C@@H](C(=O)N3CCC[C@H]3C(=O)Nc3ccc(-c4ccc(-c5cnc([C@@H]6CCCN6C(=O)[C@@H](NC(=O)OC)C(C)C)[nH]5)cc4)cc3)N2C1=O. The molecule has 4 fully saturated rings. The number of nitrogens with zero attached hydrogens (tertiary/aromatic N) is 5. The number of rotatable bonds is 10. The first-order chi connectivity index (χ1) is 29.4. The summed E-state index contributed by atoms with van der Waals surface area (Å²) in [5, 5.41) is 10.6. The van der Waals surface area contributed by atoms with Gasteiger partial charge in [-0.1, -0.05) is 50.2 Å². The minimum Gasteiger partial charge on any atom is -0.453 e. The number of carbonyl (C=O) groups excluding carboxylic acids is 7. The largest absolute Gasteiger partial charge is 0.453 e. The van der Waals surface area contributed by atoms with Crippen molar-refractivity contribution in [2.24, 2.45) is 5.92 Å². The molecule has 324 valence electrons. The van der Waals surface area contributed by atoms with Gasteiger partial charge in [0, 0.05) is 31.7 Å². The number of benzene rings is 2. The lowest BCUT2D eigenvalue weighted by Gasteiger charge is -2.44. The molecule has 18 nitrogen and oxygen atoms in total. The molecule has 61 heavy (non-hydrogen) atoms. The van der Waals surface area contributed by atoms with Crippen LogP contribution < -0.4 is 16.0 Å². The van der Waals surface area contributed by atoms with Gasteiger partial charge in [0.25, 0.3) is 5.91 Å². The van der Waals surface area contributed by atoms with Crippen LogP contribution in [-0.2, 0) is 33.4 Å². The number of anilines is 1. The van der Waals surface area contributed by atoms with Gasteiger partial charge in [0.1, 0.15) is 30.0 Å². The number of methoxy groups -OCH3 is 2. The van der Waals surface area contributed by atoms with Crippen LogP contribution in [0.1, 0.15) is 77.1 Å². The summed E-state index contributed by atoms with van der Waals surface area (Å²) in [6, 6.07) is 11.6. The van der Waals surface area contributed by atoms with Gasteiger partial charge in [0.05, 0.1) is 32.2 Å². The second-order valence-corrected chi connectivity index (χ2v) is 16.1. The fourth-order valence-corrected chi connectivity index (χ4v) is 8.75. The van der Waals surface area contributed by atoms with Crippen molar-refractivity contribution in [3.8, 4) is 22.4 Å². The molecule has 0 spiro atoms. The van der Waals surface area contributed by atoms with Gasteiger partial charge in [-0.2, -0.15) is 0 Å². The van der Waals surface area contributed by atoms with Crippen molar-refractivity contribution in [2.45, 2.75) is 95.4 Å². The normalized spacial score (nSPS) is 22.0. The first kappa shape index (κ1) is 42.7. The fraction of sp³-hybridized carbons (Fsp3) is 0.488. The molecule has 18 heteroatoms. The number of aromatic nitrogens is 2. The molecule has 5 atom stereocenters. The van der Waals surface area contributed by atoms with E-state index in [1.54, 1.807) is 23.2 Å². The van der Waals surface area contributed by atoms with E-state index in [0.717, 1.165) is 35.2 Å². The summed E-state index contributed by atoms with van der Waals surface area (Å²) in [5.74, 6) is -1.25. The van der Waals surface area contributed by atoms with Gasteiger partial charge in [0.2, 0.25) is 23.6 Å². The number of alkyl carbamates (subject to hydrolysis) is 2. The molecule has 1 unspecified atom stereocenters. The molecule has 0 bridgehead atoms. The van der Waals surface area contributed by atoms with Crippen molar-refractivity contribution in [1.82, 2.24) is 40.4 Å². The number of nitrogens with one attached hydrogen (secondary N) is 4. The summed E-state index contributed by atoms with van der Waals surface area (Å²) in [6.07, 6.45) is 3.83. The average Bonchev–Trinajstić information content (AvgIpc) is 4.07. The van der Waals surface area contributed by atoms with Crippen LogP contribution in [0.25, 0.3) is 22.4 Å². The number of hydrazine groups is 1. The van der Waals surface area contributed by atoms with Crippen LogP contribution >= 0.6 is 0 Å². The van der Waals surface area contributed by atoms with Crippen molar-refractivity contribution < 1.29 is 43.0 Å². The zero-order chi connectivity index (χ0) is 43.4. The lowest BCUT2D eigenvalue weighted by atomic mass is 10.0. The number of ether oxygens (including phenoxy) is 2. The van der Waals surface area contributed by atoms with E-state index in [9.17, 15) is 33.6 Å². The van der Waals surface area contributed by atoms with Gasteiger partial charge in [0.15, 0.2) is 0 Å². The third kappa shape index (κ3) is 9.02. The van der Waals surface area contributed by atoms with Gasteiger partial charge in [-0.15, -0.1) is 0 Å². The molecule has 0 radical (unpaired) electrons. The van der Waals surface area contributed by atoms with Crippen molar-refractivity contribution >= 4 is 47.4 Å². The number of hydrogen-bond acceptors (Lipinski definition) is 10. The Morgan fingerprint density at radius 1 is 0.770 bits per heavy atom. The Morgan fingerprint density at radius 3 is 2.08 bits per heavy atom. The number of hydrogen-bond donors (Lipinski definition) is 4. The van der Waals surface area contributed by atoms with Crippen LogP contribution in [0.15, 0.2) is 54.7 Å². The molecule has 1 aromatic heterocycles. The van der Waals surface area contributed by atoms with Gasteiger partial charge in [-0.3, -0.25) is 29.0 Å². The van der Waals surface area contributed by atoms with Crippen molar-refractivity contribution in [2.75, 3.05) is 39.2 Å². The average molecular weight is 840 g/mol.